The van der Waals surface area contributed by atoms with E-state index in [2.05, 4.69) is 4.90 Å². The van der Waals surface area contributed by atoms with Crippen molar-refractivity contribution in [3.05, 3.63) is 28.8 Å². The number of amides is 1. The highest BCUT2D eigenvalue weighted by atomic mass is 35.5. The van der Waals surface area contributed by atoms with Crippen LogP contribution in [0, 0.1) is 12.8 Å². The van der Waals surface area contributed by atoms with Gasteiger partial charge >= 0.3 is 0 Å². The van der Waals surface area contributed by atoms with Crippen LogP contribution in [0.1, 0.15) is 37.7 Å². The summed E-state index contributed by atoms with van der Waals surface area (Å²) in [5, 5.41) is 0.433. The van der Waals surface area contributed by atoms with Crippen LogP contribution in [0.25, 0.3) is 0 Å². The standard InChI is InChI=1S/C18H23ClN2O3S/c1-12-2-4-14(19)10-17(12)25(23,24)20-9-8-16-13(11-20)3-7-18(22)21(16)15-5-6-15/h2,4,10,13,15-16H,3,5-9,11H2,1H3/t13-,16+/m1/s1. The number of fused-ring (bicyclic) bond motifs is 1. The molecule has 2 atom stereocenters. The van der Waals surface area contributed by atoms with Crippen LogP contribution < -0.4 is 0 Å². The number of rotatable bonds is 3. The molecule has 0 spiro atoms. The summed E-state index contributed by atoms with van der Waals surface area (Å²) in [6, 6.07) is 5.61. The third-order valence-electron chi connectivity index (χ3n) is 5.74. The first-order chi connectivity index (χ1) is 11.9. The Morgan fingerprint density at radius 3 is 2.64 bits per heavy atom. The molecule has 4 rings (SSSR count). The minimum atomic E-state index is -3.56. The molecule has 1 aromatic rings. The molecular weight excluding hydrogens is 360 g/mol. The van der Waals surface area contributed by atoms with E-state index in [1.807, 2.05) is 0 Å². The zero-order valence-corrected chi connectivity index (χ0v) is 15.9. The lowest BCUT2D eigenvalue weighted by atomic mass is 9.84. The van der Waals surface area contributed by atoms with Crippen LogP contribution in [-0.4, -0.2) is 48.7 Å². The maximum atomic E-state index is 13.1. The van der Waals surface area contributed by atoms with Crippen LogP contribution in [0.3, 0.4) is 0 Å². The van der Waals surface area contributed by atoms with Crippen molar-refractivity contribution in [3.8, 4) is 0 Å². The number of halogens is 1. The second kappa shape index (κ2) is 6.25. The van der Waals surface area contributed by atoms with Crippen LogP contribution >= 0.6 is 11.6 Å². The van der Waals surface area contributed by atoms with E-state index < -0.39 is 10.0 Å². The Labute approximate surface area is 154 Å². The lowest BCUT2D eigenvalue weighted by molar-refractivity contribution is -0.141. The van der Waals surface area contributed by atoms with Gasteiger partial charge in [0.1, 0.15) is 0 Å². The van der Waals surface area contributed by atoms with Crippen LogP contribution in [0.2, 0.25) is 5.02 Å². The summed E-state index contributed by atoms with van der Waals surface area (Å²) in [5.74, 6) is 0.493. The van der Waals surface area contributed by atoms with Crippen molar-refractivity contribution >= 4 is 27.5 Å². The quantitative estimate of drug-likeness (QED) is 0.807. The van der Waals surface area contributed by atoms with E-state index in [0.29, 0.717) is 41.0 Å². The van der Waals surface area contributed by atoms with Gasteiger partial charge in [-0.05, 0) is 56.2 Å². The van der Waals surface area contributed by atoms with Crippen LogP contribution in [0.4, 0.5) is 0 Å². The fraction of sp³-hybridized carbons (Fsp3) is 0.611. The first-order valence-electron chi connectivity index (χ1n) is 8.95. The summed E-state index contributed by atoms with van der Waals surface area (Å²) in [6.07, 6.45) is 4.25. The predicted octanol–water partition coefficient (Wildman–Crippen LogP) is 2.81. The number of aryl methyl sites for hydroxylation is 1. The van der Waals surface area contributed by atoms with E-state index in [0.717, 1.165) is 25.7 Å². The molecule has 2 heterocycles. The van der Waals surface area contributed by atoms with E-state index in [4.69, 9.17) is 11.6 Å². The average molecular weight is 383 g/mol. The summed E-state index contributed by atoms with van der Waals surface area (Å²) < 4.78 is 27.8. The number of sulfonamides is 1. The first-order valence-corrected chi connectivity index (χ1v) is 10.8. The molecule has 2 aliphatic heterocycles. The normalized spacial score (nSPS) is 28.1. The highest BCUT2D eigenvalue weighted by molar-refractivity contribution is 7.89. The molecule has 136 valence electrons. The molecule has 0 bridgehead atoms. The Hall–Kier alpha value is -1.11. The lowest BCUT2D eigenvalue weighted by Gasteiger charge is -2.47. The molecule has 1 saturated carbocycles. The van der Waals surface area contributed by atoms with Crippen molar-refractivity contribution in [2.45, 2.75) is 56.0 Å². The molecule has 2 saturated heterocycles. The number of piperidine rings is 2. The fourth-order valence-corrected chi connectivity index (χ4v) is 6.29. The largest absolute Gasteiger partial charge is 0.336 e. The molecule has 0 radical (unpaired) electrons. The second-order valence-corrected chi connectivity index (χ2v) is 9.80. The highest BCUT2D eigenvalue weighted by Gasteiger charge is 2.46. The van der Waals surface area contributed by atoms with Crippen molar-refractivity contribution in [2.24, 2.45) is 5.92 Å². The summed E-state index contributed by atoms with van der Waals surface area (Å²) >= 11 is 6.02. The molecule has 7 heteroatoms. The summed E-state index contributed by atoms with van der Waals surface area (Å²) in [6.45, 7) is 2.76. The van der Waals surface area contributed by atoms with E-state index in [1.54, 1.807) is 29.4 Å². The monoisotopic (exact) mass is 382 g/mol. The van der Waals surface area contributed by atoms with Crippen LogP contribution in [0.15, 0.2) is 23.1 Å². The molecule has 1 aliphatic carbocycles. The molecular formula is C18H23ClN2O3S. The Morgan fingerprint density at radius 2 is 1.92 bits per heavy atom. The van der Waals surface area contributed by atoms with Crippen molar-refractivity contribution in [2.75, 3.05) is 13.1 Å². The molecule has 25 heavy (non-hydrogen) atoms. The molecule has 3 fully saturated rings. The molecule has 5 nitrogen and oxygen atoms in total. The van der Waals surface area contributed by atoms with Crippen molar-refractivity contribution in [1.29, 1.82) is 0 Å². The van der Waals surface area contributed by atoms with Crippen molar-refractivity contribution < 1.29 is 13.2 Å². The molecule has 1 aromatic carbocycles. The summed E-state index contributed by atoms with van der Waals surface area (Å²) in [5.41, 5.74) is 0.713. The van der Waals surface area contributed by atoms with E-state index >= 15 is 0 Å². The third-order valence-corrected chi connectivity index (χ3v) is 7.98. The zero-order chi connectivity index (χ0) is 17.8. The van der Waals surface area contributed by atoms with Gasteiger partial charge in [-0.2, -0.15) is 4.31 Å². The minimum Gasteiger partial charge on any atom is -0.336 e. The molecule has 0 aromatic heterocycles. The number of hydrogen-bond acceptors (Lipinski definition) is 3. The summed E-state index contributed by atoms with van der Waals surface area (Å²) in [4.78, 5) is 14.7. The van der Waals surface area contributed by atoms with Gasteiger partial charge in [0.2, 0.25) is 15.9 Å². The number of hydrogen-bond donors (Lipinski definition) is 0. The Balaban J connectivity index is 1.57. The molecule has 0 unspecified atom stereocenters. The minimum absolute atomic E-state index is 0.209. The van der Waals surface area contributed by atoms with Gasteiger partial charge in [0.15, 0.2) is 0 Å². The molecule has 1 amide bonds. The Kier molecular flexibility index (Phi) is 4.33. The van der Waals surface area contributed by atoms with Crippen LogP contribution in [0.5, 0.6) is 0 Å². The van der Waals surface area contributed by atoms with E-state index in [9.17, 15) is 13.2 Å². The van der Waals surface area contributed by atoms with Crippen molar-refractivity contribution in [3.63, 3.8) is 0 Å². The van der Waals surface area contributed by atoms with E-state index in [1.165, 1.54) is 0 Å². The van der Waals surface area contributed by atoms with Gasteiger partial charge in [-0.3, -0.25) is 4.79 Å². The molecule has 3 aliphatic rings. The number of benzene rings is 1. The number of carbonyl (C=O) groups is 1. The Bertz CT molecular complexity index is 807. The van der Waals surface area contributed by atoms with E-state index in [-0.39, 0.29) is 17.9 Å². The van der Waals surface area contributed by atoms with Crippen molar-refractivity contribution in [1.82, 2.24) is 9.21 Å². The lowest BCUT2D eigenvalue weighted by Crippen LogP contribution is -2.57. The summed E-state index contributed by atoms with van der Waals surface area (Å²) in [7, 11) is -3.56. The maximum Gasteiger partial charge on any atom is 0.243 e. The van der Waals surface area contributed by atoms with Crippen LogP contribution in [-0.2, 0) is 14.8 Å². The number of nitrogens with zero attached hydrogens (tertiary/aromatic N) is 2. The fourth-order valence-electron chi connectivity index (χ4n) is 4.30. The van der Waals surface area contributed by atoms with Gasteiger partial charge in [-0.25, -0.2) is 8.42 Å². The highest BCUT2D eigenvalue weighted by Crippen LogP contribution is 2.40. The zero-order valence-electron chi connectivity index (χ0n) is 14.3. The Morgan fingerprint density at radius 1 is 1.16 bits per heavy atom. The molecule has 0 N–H and O–H groups in total. The number of likely N-dealkylation sites (tertiary alicyclic amines) is 1. The predicted molar refractivity (Wildman–Crippen MR) is 95.9 cm³/mol. The third kappa shape index (κ3) is 3.09. The average Bonchev–Trinajstić information content (AvgIpc) is 3.41. The van der Waals surface area contributed by atoms with Gasteiger partial charge in [0.05, 0.1) is 4.90 Å². The smallest absolute Gasteiger partial charge is 0.243 e. The van der Waals surface area contributed by atoms with Gasteiger partial charge in [-0.15, -0.1) is 0 Å². The second-order valence-electron chi connectivity index (χ2n) is 7.46. The van der Waals surface area contributed by atoms with Gasteiger partial charge < -0.3 is 4.90 Å². The van der Waals surface area contributed by atoms with Gasteiger partial charge in [0, 0.05) is 36.6 Å². The SMILES string of the molecule is Cc1ccc(Cl)cc1S(=O)(=O)N1CC[C@H]2[C@H](CCC(=O)N2C2CC2)C1. The van der Waals surface area contributed by atoms with Gasteiger partial charge in [-0.1, -0.05) is 17.7 Å². The first kappa shape index (κ1) is 17.3. The van der Waals surface area contributed by atoms with Gasteiger partial charge in [0.25, 0.3) is 0 Å². The maximum absolute atomic E-state index is 13.1. The number of carbonyl (C=O) groups excluding carboxylic acids is 1. The topological polar surface area (TPSA) is 57.7 Å².